The Bertz CT molecular complexity index is 9870. The Labute approximate surface area is 932 Å². The van der Waals surface area contributed by atoms with Crippen LogP contribution in [0.3, 0.4) is 0 Å². The fourth-order valence-electron chi connectivity index (χ4n) is 13.2. The van der Waals surface area contributed by atoms with Crippen molar-refractivity contribution in [2.75, 3.05) is 96.8 Å². The first-order valence-electron chi connectivity index (χ1n) is 73.5. The maximum atomic E-state index is 14.9. The highest BCUT2D eigenvalue weighted by molar-refractivity contribution is 7.99. The highest BCUT2D eigenvalue weighted by atomic mass is 32.2. The van der Waals surface area contributed by atoms with Crippen molar-refractivity contribution in [3.63, 3.8) is 0 Å². The summed E-state index contributed by atoms with van der Waals surface area (Å²) < 4.78 is 602. The lowest BCUT2D eigenvalue weighted by atomic mass is 10.1. The fraction of sp³-hybridized carbons (Fsp3) is 0.583. The van der Waals surface area contributed by atoms with Crippen molar-refractivity contribution in [1.82, 2.24) is 99.8 Å². The molecule has 12 aromatic rings. The van der Waals surface area contributed by atoms with Crippen LogP contribution in [0.15, 0.2) is 93.1 Å². The van der Waals surface area contributed by atoms with Crippen molar-refractivity contribution in [1.29, 1.82) is 0 Å². The van der Waals surface area contributed by atoms with E-state index in [1.54, 1.807) is 0 Å². The van der Waals surface area contributed by atoms with Crippen molar-refractivity contribution in [3.8, 4) is 0 Å². The molecule has 0 radical (unpaired) electrons. The van der Waals surface area contributed by atoms with Crippen LogP contribution < -0.4 is 21.3 Å². The molecule has 40 nitrogen and oxygen atoms in total. The molecule has 776 valence electrons. The predicted octanol–water partition coefficient (Wildman–Crippen LogP) is 8.73. The Morgan fingerprint density at radius 2 is 0.688 bits per heavy atom. The van der Waals surface area contributed by atoms with Crippen LogP contribution in [0.2, 0.25) is 0 Å². The highest BCUT2D eigenvalue weighted by Gasteiger charge is 2.51. The SMILES string of the molecule is [2H]c1c([2H])c([C@@H]2C[C@@]2([2H])Nc2nc(SCCC)nc3c2nnn3[C@]2([2H])C([2H])([2H])[C@]([2H])(OCCO)[C@@]([2H])(O)[C@@]2([2H])O)c([2H])c(F)c1C.[2H]c1c([2H])c([C@H]2[C@H](Nc3nc(SC([2H])([2H])C([2H])([2H])C)nc4c3nnn4[C@]3([2H])C([2H])([2H])[C@]([2H])(OC([2H])([2H])C([2H])([2H])O)[C@@]([2H])(O)[C@@]3([2H])O)C2([2H])[2H])c([2H])c(F)c1C.[2H]c1c([2H])c([C@H]2[C@H](Nc3nc(SC([2H])([2H])C([2H])([2H])C)nc4c3nnn4[C@]3([2H])C([2H])([2H])[C@]([2H])(OC([2H])([2H])CO)[C@@]([2H])(O)[C@@]3([2H])O)C2([2H])[2H])c([2H])c(F)c1C.[2H]c1c([2H])c([C@H]2[C@H](Nc3nc(SC([2H])([2H])C([2H])([2H])C)nc4c3nnn4[C@]3([2H])C([2H])([2H])[C@]([2H])(OCC([2H])([2H])O)[C@@]([2H])(O)[C@@]3([2H])O)C2([2H])[2H])c([2H])c(F)c1C. The van der Waals surface area contributed by atoms with E-state index in [1.807, 2.05) is 6.92 Å². The molecule has 16 N–H and O–H groups in total. The molecule has 8 aliphatic carbocycles. The summed E-state index contributed by atoms with van der Waals surface area (Å²) in [6, 6.07) is -29.7. The van der Waals surface area contributed by atoms with Gasteiger partial charge in [0.1, 0.15) is 71.9 Å². The van der Waals surface area contributed by atoms with Crippen LogP contribution in [0.4, 0.5) is 40.8 Å². The van der Waals surface area contributed by atoms with Gasteiger partial charge in [0.2, 0.25) is 0 Å². The summed E-state index contributed by atoms with van der Waals surface area (Å²) in [5.41, 5.74) is -17.1. The highest BCUT2D eigenvalue weighted by Crippen LogP contribution is 2.50. The van der Waals surface area contributed by atoms with E-state index in [4.69, 9.17) is 95.8 Å². The molecule has 8 saturated carbocycles. The molecule has 48 heteroatoms. The minimum atomic E-state index is -4.47. The third kappa shape index (κ3) is 23.8. The zero-order valence-electron chi connectivity index (χ0n) is 138. The molecule has 8 heterocycles. The first kappa shape index (κ1) is 52.6. The van der Waals surface area contributed by atoms with Gasteiger partial charge in [-0.3, -0.25) is 0 Å². The lowest BCUT2D eigenvalue weighted by Gasteiger charge is -2.17. The fourth-order valence-corrected chi connectivity index (χ4v) is 15.3. The van der Waals surface area contributed by atoms with Crippen LogP contribution in [-0.2, 0) is 18.9 Å². The smallest absolute Gasteiger partial charge is 0.191 e. The third-order valence-corrected chi connectivity index (χ3v) is 23.5. The molecular formula is C96H124F4N24O16S4. The number of rotatable bonds is 40. The van der Waals surface area contributed by atoms with Gasteiger partial charge >= 0.3 is 0 Å². The molecule has 8 fully saturated rings. The number of hydrogen-bond acceptors (Lipinski definition) is 40. The van der Waals surface area contributed by atoms with E-state index in [-0.39, 0.29) is 100 Å². The maximum absolute atomic E-state index is 14.9. The van der Waals surface area contributed by atoms with Crippen LogP contribution in [0.25, 0.3) is 44.7 Å². The zero-order chi connectivity index (χ0) is 158. The van der Waals surface area contributed by atoms with E-state index in [2.05, 4.69) is 112 Å². The molecule has 8 aliphatic rings. The number of aliphatic hydroxyl groups is 12. The van der Waals surface area contributed by atoms with E-state index in [9.17, 15) is 78.8 Å². The van der Waals surface area contributed by atoms with Gasteiger partial charge in [0, 0.05) is 132 Å². The molecule has 0 aliphatic heterocycles. The second-order valence-electron chi connectivity index (χ2n) is 30.2. The normalized spacial score (nSPS) is 46.1. The number of nitrogens with zero attached hydrogens (tertiary/aromatic N) is 20. The average molecular weight is 2140 g/mol. The van der Waals surface area contributed by atoms with Gasteiger partial charge in [0.05, 0.1) is 152 Å². The molecule has 0 saturated heterocycles. The zero-order valence-corrected chi connectivity index (χ0v) is 78.3. The molecule has 20 rings (SSSR count). The van der Waals surface area contributed by atoms with Crippen LogP contribution in [0.5, 0.6) is 0 Å². The molecule has 4 aromatic carbocycles. The Morgan fingerprint density at radius 1 is 0.382 bits per heavy atom. The predicted molar refractivity (Wildman–Crippen MR) is 530 cm³/mol. The molecule has 144 heavy (non-hydrogen) atoms. The van der Waals surface area contributed by atoms with Gasteiger partial charge in [0.25, 0.3) is 0 Å². The van der Waals surface area contributed by atoms with Crippen molar-refractivity contribution >= 4 is 115 Å². The Kier molecular flexibility index (Phi) is 17.3. The minimum Gasteiger partial charge on any atom is -0.394 e. The summed E-state index contributed by atoms with van der Waals surface area (Å²) in [6.07, 6.45) is -79.9. The Hall–Kier alpha value is -9.52. The van der Waals surface area contributed by atoms with Gasteiger partial charge in [-0.2, -0.15) is 0 Å². The quantitative estimate of drug-likeness (QED) is 0.00969. The number of hydrogen-bond donors (Lipinski definition) is 16. The van der Waals surface area contributed by atoms with Gasteiger partial charge < -0.3 is 101 Å². The largest absolute Gasteiger partial charge is 0.394 e. The molecule has 0 unspecified atom stereocenters. The van der Waals surface area contributed by atoms with Crippen molar-refractivity contribution < 1.29 is 184 Å². The summed E-state index contributed by atoms with van der Waals surface area (Å²) >= 11 is 1.10. The van der Waals surface area contributed by atoms with Gasteiger partial charge in [-0.15, -0.1) is 20.4 Å². The van der Waals surface area contributed by atoms with Crippen LogP contribution >= 0.6 is 47.0 Å². The average Bonchev–Trinajstić information content (AvgIpc) is 1.48. The Morgan fingerprint density at radius 3 is 0.993 bits per heavy atom. The first-order valence-corrected chi connectivity index (χ1v) is 45.4. The number of fused-ring (bicyclic) bond motifs is 4. The number of ether oxygens (including phenoxy) is 4. The lowest BCUT2D eigenvalue weighted by molar-refractivity contribution is -0.0629. The van der Waals surface area contributed by atoms with Crippen molar-refractivity contribution in [2.24, 2.45) is 0 Å². The van der Waals surface area contributed by atoms with Crippen molar-refractivity contribution in [2.45, 2.75) is 297 Å². The first-order chi connectivity index (χ1) is 93.0. The second kappa shape index (κ2) is 47.3. The third-order valence-electron chi connectivity index (χ3n) is 20.5. The van der Waals surface area contributed by atoms with E-state index in [1.165, 1.54) is 13.8 Å². The van der Waals surface area contributed by atoms with Crippen LogP contribution in [-0.4, -0.2) is 334 Å². The topological polar surface area (TPSA) is 554 Å². The molecule has 24 atom stereocenters. The maximum Gasteiger partial charge on any atom is 0.191 e. The lowest BCUT2D eigenvalue weighted by Crippen LogP contribution is -2.33. The Balaban J connectivity index is 0.000000178. The number of halogens is 4. The van der Waals surface area contributed by atoms with E-state index in [0.29, 0.717) is 16.9 Å². The number of nitrogens with one attached hydrogen (secondary N) is 4. The summed E-state index contributed by atoms with van der Waals surface area (Å²) in [6.45, 7) is -10.5. The van der Waals surface area contributed by atoms with E-state index in [0.717, 1.165) is 46.4 Å². The molecule has 8 aromatic heterocycles. The summed E-state index contributed by atoms with van der Waals surface area (Å²) in [5, 5.41) is 165. The molecule has 0 amide bonds. The van der Waals surface area contributed by atoms with E-state index < -0.39 is 463 Å². The van der Waals surface area contributed by atoms with Gasteiger partial charge in [-0.1, -0.05) is 144 Å². The number of anilines is 4. The monoisotopic (exact) mass is 2140 g/mol. The second-order valence-corrected chi connectivity index (χ2v) is 33.6. The molecule has 0 spiro atoms. The number of aliphatic hydroxyl groups excluding tert-OH is 2. The summed E-state index contributed by atoms with van der Waals surface area (Å²) in [5.74, 6) is -11.6. The minimum absolute atomic E-state index is 0.00981. The van der Waals surface area contributed by atoms with Gasteiger partial charge in [-0.25, -0.2) is 76.2 Å². The van der Waals surface area contributed by atoms with Crippen molar-refractivity contribution in [3.05, 3.63) is 140 Å². The van der Waals surface area contributed by atoms with Crippen LogP contribution in [0.1, 0.15) is 283 Å². The number of thioether (sulfide) groups is 4. The molecule has 0 bridgehead atoms. The van der Waals surface area contributed by atoms with Gasteiger partial charge in [-0.05, 0) is 147 Å². The van der Waals surface area contributed by atoms with E-state index >= 15 is 0 Å². The number of aromatic nitrogens is 20. The molecular weight excluding hydrogens is 1950 g/mol. The summed E-state index contributed by atoms with van der Waals surface area (Å²) in [4.78, 5) is 32.8. The summed E-state index contributed by atoms with van der Waals surface area (Å²) in [7, 11) is 0. The number of benzene rings is 4. The van der Waals surface area contributed by atoms with Gasteiger partial charge in [0.15, 0.2) is 88.6 Å². The van der Waals surface area contributed by atoms with Crippen LogP contribution in [0, 0.1) is 51.0 Å². The standard InChI is InChI=1S/4C24H31FN6O4S/c4*1-3-8-36-24-27-22(26-16-10-14(16)13-5-4-12(2)15(25)9-13)19-23(28-24)31(30-29-19)17-11-18(35-7-6-32)21(34)20(17)33/h4*4-5,9,14,16-18,20-21,32-34H,3,6-8,10-11H2,1-2H3,(H,26,27,28)/t4*14-,16+,17+,18-,20-,21+/m0000/s1/i3D2,4D,5D,6D2,7D2,8D2,9D,10D2,11D2,17D,18D,20D,21D;3D2,4D,5D,7D2,8D2,9D,10D2,11D2,17D,18D,20D,21D;3D2,4D,5D,6D2,8D2,9D,10D2,11D2,17D,18D,20D,21D;4D,5D,9D,11D2,16D,17D,18D,20D,21D.